The van der Waals surface area contributed by atoms with Crippen LogP contribution in [0.15, 0.2) is 89.8 Å². The van der Waals surface area contributed by atoms with Crippen molar-refractivity contribution in [3.8, 4) is 0 Å². The lowest BCUT2D eigenvalue weighted by Crippen LogP contribution is -2.68. The molecule has 0 radical (unpaired) electrons. The molecule has 8 nitrogen and oxygen atoms in total. The number of ether oxygens (including phenoxy) is 3. The smallest absolute Gasteiger partial charge is 0.303 e. The molecule has 248 valence electrons. The monoisotopic (exact) mass is 666 g/mol. The van der Waals surface area contributed by atoms with E-state index in [1.54, 1.807) is 20.0 Å². The number of carbonyl (C=O) groups excluding carboxylic acids is 1. The van der Waals surface area contributed by atoms with Gasteiger partial charge in [0.1, 0.15) is 32.3 Å². The molecule has 1 heterocycles. The maximum absolute atomic E-state index is 13.5. The zero-order valence-electron chi connectivity index (χ0n) is 28.0. The predicted molar refractivity (Wildman–Crippen MR) is 184 cm³/mol. The molecule has 0 aromatic heterocycles. The van der Waals surface area contributed by atoms with Crippen molar-refractivity contribution in [2.45, 2.75) is 88.1 Å². The summed E-state index contributed by atoms with van der Waals surface area (Å²) in [5.41, 5.74) is -0.506. The van der Waals surface area contributed by atoms with Crippen LogP contribution >= 0.6 is 0 Å². The minimum atomic E-state index is -4.18. The molecular weight excluding hydrogens is 619 g/mol. The number of esters is 1. The van der Waals surface area contributed by atoms with Crippen LogP contribution in [-0.2, 0) is 37.7 Å². The summed E-state index contributed by atoms with van der Waals surface area (Å²) < 4.78 is 59.0. The first-order valence-corrected chi connectivity index (χ1v) is 19.2. The zero-order valence-corrected chi connectivity index (χ0v) is 29.8. The third-order valence-electron chi connectivity index (χ3n) is 8.52. The maximum Gasteiger partial charge on any atom is 0.303 e. The van der Waals surface area contributed by atoms with Gasteiger partial charge < -0.3 is 18.6 Å². The van der Waals surface area contributed by atoms with Crippen LogP contribution in [0.4, 0.5) is 0 Å². The number of carbonyl (C=O) groups is 1. The van der Waals surface area contributed by atoms with Gasteiger partial charge in [-0.15, -0.1) is 0 Å². The molecule has 1 fully saturated rings. The highest BCUT2D eigenvalue weighted by atomic mass is 32.2. The number of benzene rings is 3. The molecule has 11 heteroatoms. The van der Waals surface area contributed by atoms with Gasteiger partial charge in [-0.3, -0.25) is 8.98 Å². The van der Waals surface area contributed by atoms with Gasteiger partial charge in [-0.2, -0.15) is 8.42 Å². The molecule has 0 amide bonds. The van der Waals surface area contributed by atoms with Gasteiger partial charge in [0.05, 0.1) is 17.5 Å². The molecule has 0 spiro atoms. The van der Waals surface area contributed by atoms with Crippen molar-refractivity contribution in [3.05, 3.63) is 90.5 Å². The summed E-state index contributed by atoms with van der Waals surface area (Å²) in [7, 11) is -5.49. The summed E-state index contributed by atoms with van der Waals surface area (Å²) in [5, 5.41) is 1.76. The van der Waals surface area contributed by atoms with Gasteiger partial charge in [-0.05, 0) is 40.9 Å². The maximum atomic E-state index is 13.5. The van der Waals surface area contributed by atoms with E-state index >= 15 is 0 Å². The first-order chi connectivity index (χ1) is 21.8. The summed E-state index contributed by atoms with van der Waals surface area (Å²) in [4.78, 5) is 12.3. The SMILES string of the molecule is B[C@@H]1O[C@@](CO[Si](c2ccccc2)(c2ccccc2)C(C)(C)C)(COS(=O)(=O)c2ccc(C)cc2)C(OCCCC)[C@@H]1OC(C)=O. The highest BCUT2D eigenvalue weighted by Gasteiger charge is 2.59. The third-order valence-corrected chi connectivity index (χ3v) is 14.8. The second-order valence-corrected chi connectivity index (χ2v) is 19.0. The van der Waals surface area contributed by atoms with E-state index in [-0.39, 0.29) is 16.5 Å². The molecule has 4 atom stereocenters. The lowest BCUT2D eigenvalue weighted by molar-refractivity contribution is -0.158. The third kappa shape index (κ3) is 7.83. The van der Waals surface area contributed by atoms with Crippen molar-refractivity contribution in [3.63, 3.8) is 0 Å². The Morgan fingerprint density at radius 2 is 1.50 bits per heavy atom. The quantitative estimate of drug-likeness (QED) is 0.110. The molecule has 4 rings (SSSR count). The molecule has 46 heavy (non-hydrogen) atoms. The van der Waals surface area contributed by atoms with E-state index in [1.165, 1.54) is 19.1 Å². The minimum absolute atomic E-state index is 0.0344. The van der Waals surface area contributed by atoms with Crippen LogP contribution in [0.1, 0.15) is 53.0 Å². The van der Waals surface area contributed by atoms with Crippen LogP contribution in [0.2, 0.25) is 5.04 Å². The van der Waals surface area contributed by atoms with Gasteiger partial charge in [-0.1, -0.05) is 112 Å². The van der Waals surface area contributed by atoms with Crippen molar-refractivity contribution < 1.29 is 36.0 Å². The predicted octanol–water partition coefficient (Wildman–Crippen LogP) is 4.12. The minimum Gasteiger partial charge on any atom is -0.458 e. The van der Waals surface area contributed by atoms with Crippen molar-refractivity contribution in [1.29, 1.82) is 0 Å². The fourth-order valence-electron chi connectivity index (χ4n) is 6.22. The lowest BCUT2D eigenvalue weighted by atomic mass is 9.89. The fourth-order valence-corrected chi connectivity index (χ4v) is 11.8. The summed E-state index contributed by atoms with van der Waals surface area (Å²) >= 11 is 0. The Morgan fingerprint density at radius 3 is 2.00 bits per heavy atom. The first kappa shape index (κ1) is 36.0. The van der Waals surface area contributed by atoms with E-state index in [4.69, 9.17) is 22.8 Å². The van der Waals surface area contributed by atoms with Gasteiger partial charge in [0.2, 0.25) is 0 Å². The molecule has 3 aromatic carbocycles. The number of aryl methyl sites for hydroxylation is 1. The molecule has 1 saturated heterocycles. The van der Waals surface area contributed by atoms with Gasteiger partial charge in [0.25, 0.3) is 18.4 Å². The second-order valence-electron chi connectivity index (χ2n) is 13.1. The Bertz CT molecular complexity index is 1490. The van der Waals surface area contributed by atoms with Gasteiger partial charge in [0, 0.05) is 13.5 Å². The molecule has 1 aliphatic heterocycles. The van der Waals surface area contributed by atoms with Crippen molar-refractivity contribution >= 4 is 42.6 Å². The average Bonchev–Trinajstić information content (AvgIpc) is 3.27. The van der Waals surface area contributed by atoms with Crippen molar-refractivity contribution in [2.75, 3.05) is 19.8 Å². The van der Waals surface area contributed by atoms with Gasteiger partial charge in [0.15, 0.2) is 0 Å². The van der Waals surface area contributed by atoms with Gasteiger partial charge >= 0.3 is 5.97 Å². The summed E-state index contributed by atoms with van der Waals surface area (Å²) in [5.74, 6) is -0.485. The van der Waals surface area contributed by atoms with Crippen molar-refractivity contribution in [2.24, 2.45) is 0 Å². The molecule has 0 aliphatic carbocycles. The summed E-state index contributed by atoms with van der Waals surface area (Å²) in [6.45, 7) is 11.7. The average molecular weight is 667 g/mol. The Hall–Kier alpha value is -2.80. The number of hydrogen-bond donors (Lipinski definition) is 0. The van der Waals surface area contributed by atoms with Crippen LogP contribution in [0.25, 0.3) is 0 Å². The Balaban J connectivity index is 1.84. The molecule has 1 aliphatic rings. The molecular formula is C35H47BO8SSi. The first-order valence-electron chi connectivity index (χ1n) is 15.9. The Kier molecular flexibility index (Phi) is 11.7. The normalized spacial score (nSPS) is 22.1. The Morgan fingerprint density at radius 1 is 0.935 bits per heavy atom. The number of rotatable bonds is 14. The Labute approximate surface area is 276 Å². The van der Waals surface area contributed by atoms with E-state index in [2.05, 4.69) is 52.0 Å². The molecule has 0 bridgehead atoms. The largest absolute Gasteiger partial charge is 0.458 e. The molecule has 1 unspecified atom stereocenters. The second kappa shape index (κ2) is 15.0. The summed E-state index contributed by atoms with van der Waals surface area (Å²) in [6, 6.07) is 26.2. The zero-order chi connectivity index (χ0) is 33.6. The highest BCUT2D eigenvalue weighted by Crippen LogP contribution is 2.41. The van der Waals surface area contributed by atoms with Crippen LogP contribution in [0, 0.1) is 6.92 Å². The summed E-state index contributed by atoms with van der Waals surface area (Å²) in [6.07, 6.45) is -0.0240. The molecule has 3 aromatic rings. The van der Waals surface area contributed by atoms with E-state index in [9.17, 15) is 13.2 Å². The van der Waals surface area contributed by atoms with Crippen molar-refractivity contribution in [1.82, 2.24) is 0 Å². The number of unbranched alkanes of at least 4 members (excludes halogenated alkanes) is 1. The van der Waals surface area contributed by atoms with E-state index < -0.39 is 54.8 Å². The topological polar surface area (TPSA) is 97.4 Å². The van der Waals surface area contributed by atoms with Crippen LogP contribution in [-0.4, -0.2) is 74.2 Å². The van der Waals surface area contributed by atoms with E-state index in [1.807, 2.05) is 43.3 Å². The van der Waals surface area contributed by atoms with Crippen LogP contribution < -0.4 is 10.4 Å². The standard InChI is InChI=1S/C35H47BO8SSi/c1-7-8-23-40-32-31(43-27(3)37)33(36)44-35(32,24-41-45(38,39)28-21-19-26(2)20-22-28)25-42-46(34(4,5)6,29-15-11-9-12-16-29)30-17-13-10-14-18-30/h9-22,31-33H,7-8,23-25,36H2,1-6H3/t31-,32?,33+,35+/m0/s1. The highest BCUT2D eigenvalue weighted by molar-refractivity contribution is 7.86. The molecule has 0 N–H and O–H groups in total. The van der Waals surface area contributed by atoms with E-state index in [0.29, 0.717) is 6.61 Å². The van der Waals surface area contributed by atoms with Crippen LogP contribution in [0.3, 0.4) is 0 Å². The fraction of sp³-hybridized carbons (Fsp3) is 0.457. The van der Waals surface area contributed by atoms with E-state index in [0.717, 1.165) is 28.8 Å². The molecule has 0 saturated carbocycles. The van der Waals surface area contributed by atoms with Crippen LogP contribution in [0.5, 0.6) is 0 Å². The van der Waals surface area contributed by atoms with Gasteiger partial charge in [-0.25, -0.2) is 0 Å². The number of hydrogen-bond acceptors (Lipinski definition) is 8. The lowest BCUT2D eigenvalue weighted by Gasteiger charge is -2.45.